The van der Waals surface area contributed by atoms with E-state index in [-0.39, 0.29) is 0 Å². The average Bonchev–Trinajstić information content (AvgIpc) is 2.96. The van der Waals surface area contributed by atoms with Crippen molar-refractivity contribution in [1.29, 1.82) is 0 Å². The van der Waals surface area contributed by atoms with Gasteiger partial charge in [-0.1, -0.05) is 25.2 Å². The number of thiophene rings is 1. The van der Waals surface area contributed by atoms with Crippen molar-refractivity contribution in [2.75, 3.05) is 19.0 Å². The molecule has 140 valence electrons. The zero-order chi connectivity index (χ0) is 19.1. The summed E-state index contributed by atoms with van der Waals surface area (Å²) in [6.45, 7) is 3.57. The maximum absolute atomic E-state index is 12.2. The van der Waals surface area contributed by atoms with Crippen molar-refractivity contribution in [3.05, 3.63) is 40.3 Å². The van der Waals surface area contributed by atoms with Gasteiger partial charge in [0.15, 0.2) is 6.61 Å². The molecule has 0 aliphatic heterocycles. The molecule has 0 unspecified atom stereocenters. The minimum Gasteiger partial charge on any atom is -0.465 e. The SMILES string of the molecule is C/C=C/C=C/C(=O)OCC(=O)Nc1sc2c(c1C(=O)OC)CC[C@H](C)C2. The van der Waals surface area contributed by atoms with Gasteiger partial charge in [0, 0.05) is 11.0 Å². The molecule has 7 heteroatoms. The molecular weight excluding hydrogens is 354 g/mol. The number of methoxy groups -OCH3 is 1. The van der Waals surface area contributed by atoms with Gasteiger partial charge in [0.25, 0.3) is 5.91 Å². The second-order valence-electron chi connectivity index (χ2n) is 6.09. The summed E-state index contributed by atoms with van der Waals surface area (Å²) in [6, 6.07) is 0. The van der Waals surface area contributed by atoms with Gasteiger partial charge in [-0.2, -0.15) is 0 Å². The first-order chi connectivity index (χ1) is 12.5. The monoisotopic (exact) mass is 377 g/mol. The number of allylic oxidation sites excluding steroid dienone is 3. The minimum atomic E-state index is -0.606. The van der Waals surface area contributed by atoms with Crippen molar-refractivity contribution >= 4 is 34.2 Å². The number of anilines is 1. The third-order valence-corrected chi connectivity index (χ3v) is 5.21. The molecule has 0 aromatic carbocycles. The van der Waals surface area contributed by atoms with Gasteiger partial charge in [0.1, 0.15) is 5.00 Å². The van der Waals surface area contributed by atoms with Crippen LogP contribution in [0.2, 0.25) is 0 Å². The van der Waals surface area contributed by atoms with Crippen molar-refractivity contribution in [3.8, 4) is 0 Å². The van der Waals surface area contributed by atoms with E-state index in [1.54, 1.807) is 12.2 Å². The van der Waals surface area contributed by atoms with Gasteiger partial charge in [-0.25, -0.2) is 9.59 Å². The van der Waals surface area contributed by atoms with Crippen molar-refractivity contribution in [2.45, 2.75) is 33.1 Å². The molecular formula is C19H23NO5S. The predicted octanol–water partition coefficient (Wildman–Crippen LogP) is 3.27. The Hall–Kier alpha value is -2.41. The lowest BCUT2D eigenvalue weighted by Gasteiger charge is -2.18. The molecule has 0 saturated carbocycles. The van der Waals surface area contributed by atoms with E-state index >= 15 is 0 Å². The number of rotatable bonds is 6. The van der Waals surface area contributed by atoms with Crippen molar-refractivity contribution in [2.24, 2.45) is 5.92 Å². The number of amides is 1. The first kappa shape index (κ1) is 19.9. The summed E-state index contributed by atoms with van der Waals surface area (Å²) >= 11 is 1.39. The molecule has 1 N–H and O–H groups in total. The zero-order valence-electron chi connectivity index (χ0n) is 15.2. The molecule has 26 heavy (non-hydrogen) atoms. The Morgan fingerprint density at radius 3 is 2.77 bits per heavy atom. The molecule has 1 aliphatic carbocycles. The van der Waals surface area contributed by atoms with E-state index < -0.39 is 24.5 Å². The average molecular weight is 377 g/mol. The summed E-state index contributed by atoms with van der Waals surface area (Å²) in [5, 5.41) is 3.14. The van der Waals surface area contributed by atoms with E-state index in [4.69, 9.17) is 9.47 Å². The fourth-order valence-corrected chi connectivity index (χ4v) is 4.16. The lowest BCUT2D eigenvalue weighted by Crippen LogP contribution is -2.21. The Morgan fingerprint density at radius 2 is 2.08 bits per heavy atom. The number of ether oxygens (including phenoxy) is 2. The van der Waals surface area contributed by atoms with Crippen LogP contribution in [0.5, 0.6) is 0 Å². The van der Waals surface area contributed by atoms with Crippen LogP contribution < -0.4 is 5.32 Å². The fourth-order valence-electron chi connectivity index (χ4n) is 2.75. The minimum absolute atomic E-state index is 0.418. The summed E-state index contributed by atoms with van der Waals surface area (Å²) < 4.78 is 9.76. The number of esters is 2. The van der Waals surface area contributed by atoms with E-state index in [9.17, 15) is 14.4 Å². The lowest BCUT2D eigenvalue weighted by atomic mass is 9.88. The third-order valence-electron chi connectivity index (χ3n) is 4.04. The van der Waals surface area contributed by atoms with Gasteiger partial charge in [-0.15, -0.1) is 11.3 Å². The molecule has 6 nitrogen and oxygen atoms in total. The highest BCUT2D eigenvalue weighted by Gasteiger charge is 2.28. The number of carbonyl (C=O) groups is 3. The highest BCUT2D eigenvalue weighted by Crippen LogP contribution is 2.39. The first-order valence-corrected chi connectivity index (χ1v) is 9.26. The quantitative estimate of drug-likeness (QED) is 0.467. The highest BCUT2D eigenvalue weighted by molar-refractivity contribution is 7.17. The van der Waals surface area contributed by atoms with Crippen LogP contribution in [0, 0.1) is 5.92 Å². The molecule has 0 spiro atoms. The Balaban J connectivity index is 2.07. The molecule has 1 atom stereocenters. The van der Waals surface area contributed by atoms with Gasteiger partial charge >= 0.3 is 11.9 Å². The summed E-state index contributed by atoms with van der Waals surface area (Å²) in [6.07, 6.45) is 8.88. The zero-order valence-corrected chi connectivity index (χ0v) is 16.0. The maximum atomic E-state index is 12.2. The van der Waals surface area contributed by atoms with Crippen LogP contribution in [0.3, 0.4) is 0 Å². The smallest absolute Gasteiger partial charge is 0.341 e. The van der Waals surface area contributed by atoms with Gasteiger partial charge in [-0.05, 0) is 37.7 Å². The predicted molar refractivity (Wildman–Crippen MR) is 100 cm³/mol. The van der Waals surface area contributed by atoms with Crippen LogP contribution in [0.25, 0.3) is 0 Å². The van der Waals surface area contributed by atoms with Crippen molar-refractivity contribution in [3.63, 3.8) is 0 Å². The van der Waals surface area contributed by atoms with Crippen LogP contribution in [0.4, 0.5) is 5.00 Å². The van der Waals surface area contributed by atoms with Crippen molar-refractivity contribution in [1.82, 2.24) is 0 Å². The molecule has 1 amide bonds. The standard InChI is InChI=1S/C19H23NO5S/c1-4-5-6-7-16(22)25-11-15(21)20-18-17(19(23)24-3)13-9-8-12(2)10-14(13)26-18/h4-7,12H,8-11H2,1-3H3,(H,20,21)/b5-4+,7-6+/t12-/m0/s1. The maximum Gasteiger partial charge on any atom is 0.341 e. The van der Waals surface area contributed by atoms with Gasteiger partial charge in [-0.3, -0.25) is 4.79 Å². The van der Waals surface area contributed by atoms with E-state index in [0.29, 0.717) is 16.5 Å². The summed E-state index contributed by atoms with van der Waals surface area (Å²) in [7, 11) is 1.32. The van der Waals surface area contributed by atoms with E-state index in [1.807, 2.05) is 6.92 Å². The summed E-state index contributed by atoms with van der Waals surface area (Å²) in [4.78, 5) is 36.9. The van der Waals surface area contributed by atoms with Crippen LogP contribution in [0.1, 0.15) is 41.1 Å². The van der Waals surface area contributed by atoms with Gasteiger partial charge in [0.2, 0.25) is 0 Å². The summed E-state index contributed by atoms with van der Waals surface area (Å²) in [5.74, 6) is -1.01. The first-order valence-electron chi connectivity index (χ1n) is 8.45. The van der Waals surface area contributed by atoms with Gasteiger partial charge in [0.05, 0.1) is 12.7 Å². The Morgan fingerprint density at radius 1 is 1.31 bits per heavy atom. The second-order valence-corrected chi connectivity index (χ2v) is 7.19. The third kappa shape index (κ3) is 5.05. The Kier molecular flexibility index (Phi) is 7.15. The normalized spacial score (nSPS) is 16.5. The van der Waals surface area contributed by atoms with Crippen LogP contribution in [0.15, 0.2) is 24.3 Å². The fraction of sp³-hybridized carbons (Fsp3) is 0.421. The Bertz CT molecular complexity index is 747. The van der Waals surface area contributed by atoms with Crippen molar-refractivity contribution < 1.29 is 23.9 Å². The summed E-state index contributed by atoms with van der Waals surface area (Å²) in [5.41, 5.74) is 1.38. The molecule has 1 aromatic heterocycles. The number of nitrogens with one attached hydrogen (secondary N) is 1. The molecule has 0 saturated heterocycles. The van der Waals surface area contributed by atoms with Crippen LogP contribution >= 0.6 is 11.3 Å². The molecule has 1 aliphatic rings. The van der Waals surface area contributed by atoms with E-state index in [1.165, 1.54) is 30.6 Å². The number of hydrogen-bond acceptors (Lipinski definition) is 6. The number of fused-ring (bicyclic) bond motifs is 1. The number of carbonyl (C=O) groups excluding carboxylic acids is 3. The molecule has 2 rings (SSSR count). The Labute approximate surface area is 156 Å². The largest absolute Gasteiger partial charge is 0.465 e. The molecule has 0 radical (unpaired) electrons. The highest BCUT2D eigenvalue weighted by atomic mass is 32.1. The molecule has 0 fully saturated rings. The van der Waals surface area contributed by atoms with E-state index in [2.05, 4.69) is 12.2 Å². The van der Waals surface area contributed by atoms with E-state index in [0.717, 1.165) is 29.7 Å². The number of hydrogen-bond donors (Lipinski definition) is 1. The second kappa shape index (κ2) is 9.33. The lowest BCUT2D eigenvalue weighted by molar-refractivity contribution is -0.142. The van der Waals surface area contributed by atoms with Gasteiger partial charge < -0.3 is 14.8 Å². The molecule has 1 heterocycles. The molecule has 0 bridgehead atoms. The van der Waals surface area contributed by atoms with Crippen LogP contribution in [-0.2, 0) is 31.9 Å². The topological polar surface area (TPSA) is 81.7 Å². The molecule has 1 aromatic rings. The van der Waals surface area contributed by atoms with Crippen LogP contribution in [-0.4, -0.2) is 31.6 Å².